The van der Waals surface area contributed by atoms with Crippen LogP contribution in [-0.2, 0) is 14.8 Å². The van der Waals surface area contributed by atoms with Gasteiger partial charge >= 0.3 is 0 Å². The van der Waals surface area contributed by atoms with Crippen LogP contribution in [0, 0.1) is 20.8 Å². The van der Waals surface area contributed by atoms with Crippen molar-refractivity contribution in [1.29, 1.82) is 0 Å². The van der Waals surface area contributed by atoms with Crippen LogP contribution >= 0.6 is 0 Å². The fourth-order valence-corrected chi connectivity index (χ4v) is 5.18. The van der Waals surface area contributed by atoms with Crippen molar-refractivity contribution < 1.29 is 18.3 Å². The Morgan fingerprint density at radius 2 is 1.76 bits per heavy atom. The van der Waals surface area contributed by atoms with Gasteiger partial charge in [0, 0.05) is 6.54 Å². The third kappa shape index (κ3) is 2.96. The van der Waals surface area contributed by atoms with E-state index in [4.69, 9.17) is 0 Å². The van der Waals surface area contributed by atoms with Crippen LogP contribution in [0.2, 0.25) is 0 Å². The zero-order chi connectivity index (χ0) is 15.8. The molecule has 0 aliphatic carbocycles. The number of rotatable bonds is 3. The van der Waals surface area contributed by atoms with Gasteiger partial charge in [0.25, 0.3) is 0 Å². The number of hydrogen-bond acceptors (Lipinski definition) is 4. The summed E-state index contributed by atoms with van der Waals surface area (Å²) in [5, 5.41) is 11.2. The molecule has 0 spiro atoms. The maximum atomic E-state index is 12.9. The summed E-state index contributed by atoms with van der Waals surface area (Å²) in [6.07, 6.45) is 1.69. The smallest absolute Gasteiger partial charge is 0.244 e. The Morgan fingerprint density at radius 1 is 1.19 bits per heavy atom. The van der Waals surface area contributed by atoms with E-state index in [9.17, 15) is 18.3 Å². The van der Waals surface area contributed by atoms with Crippen molar-refractivity contribution in [2.24, 2.45) is 0 Å². The first-order chi connectivity index (χ1) is 9.75. The van der Waals surface area contributed by atoms with Crippen molar-refractivity contribution in [2.45, 2.75) is 51.0 Å². The fraction of sp³-hybridized carbons (Fsp3) is 0.533. The summed E-state index contributed by atoms with van der Waals surface area (Å²) in [6, 6.07) is 2.54. The summed E-state index contributed by atoms with van der Waals surface area (Å²) in [5.41, 5.74) is 2.28. The van der Waals surface area contributed by atoms with E-state index in [1.165, 1.54) is 0 Å². The fourth-order valence-electron chi connectivity index (χ4n) is 3.12. The van der Waals surface area contributed by atoms with E-state index in [2.05, 4.69) is 0 Å². The van der Waals surface area contributed by atoms with Gasteiger partial charge < -0.3 is 9.90 Å². The molecule has 1 fully saturated rings. The number of hydrogen-bond donors (Lipinski definition) is 0. The van der Waals surface area contributed by atoms with Crippen LogP contribution < -0.4 is 5.11 Å². The van der Waals surface area contributed by atoms with E-state index in [1.807, 2.05) is 6.92 Å². The maximum Gasteiger partial charge on any atom is 0.244 e. The maximum absolute atomic E-state index is 12.9. The van der Waals surface area contributed by atoms with Crippen LogP contribution in [0.15, 0.2) is 17.0 Å². The SMILES string of the molecule is Cc1cc(C)c(S(=O)(=O)N2CCCC[C@@H]2C(=O)[O-])c(C)c1. The number of carbonyl (C=O) groups excluding carboxylic acids is 1. The molecule has 21 heavy (non-hydrogen) atoms. The molecule has 1 aliphatic heterocycles. The average molecular weight is 310 g/mol. The molecule has 1 saturated heterocycles. The van der Waals surface area contributed by atoms with E-state index in [-0.39, 0.29) is 11.4 Å². The first kappa shape index (κ1) is 16.0. The van der Waals surface area contributed by atoms with Gasteiger partial charge in [-0.25, -0.2) is 8.42 Å². The van der Waals surface area contributed by atoms with Gasteiger partial charge in [0.1, 0.15) is 0 Å². The van der Waals surface area contributed by atoms with Crippen molar-refractivity contribution in [2.75, 3.05) is 6.54 Å². The van der Waals surface area contributed by atoms with E-state index in [0.717, 1.165) is 9.87 Å². The highest BCUT2D eigenvalue weighted by atomic mass is 32.2. The highest BCUT2D eigenvalue weighted by Crippen LogP contribution is 2.29. The van der Waals surface area contributed by atoms with Gasteiger partial charge in [0.15, 0.2) is 0 Å². The van der Waals surface area contributed by atoms with Crippen molar-refractivity contribution in [3.8, 4) is 0 Å². The van der Waals surface area contributed by atoms with Gasteiger partial charge in [-0.15, -0.1) is 0 Å². The molecule has 1 aromatic rings. The Kier molecular flexibility index (Phi) is 4.39. The number of aliphatic carboxylic acids is 1. The number of benzene rings is 1. The minimum absolute atomic E-state index is 0.223. The zero-order valence-corrected chi connectivity index (χ0v) is 13.4. The molecule has 0 radical (unpaired) electrons. The Bertz CT molecular complexity index is 643. The lowest BCUT2D eigenvalue weighted by Crippen LogP contribution is -2.52. The van der Waals surface area contributed by atoms with Crippen molar-refractivity contribution in [3.05, 3.63) is 28.8 Å². The summed E-state index contributed by atoms with van der Waals surface area (Å²) in [7, 11) is -3.82. The molecule has 0 N–H and O–H groups in total. The number of carboxylic acids is 1. The number of piperidine rings is 1. The number of aryl methyl sites for hydroxylation is 3. The minimum atomic E-state index is -3.82. The van der Waals surface area contributed by atoms with E-state index < -0.39 is 22.0 Å². The van der Waals surface area contributed by atoms with Crippen LogP contribution in [0.4, 0.5) is 0 Å². The monoisotopic (exact) mass is 310 g/mol. The quantitative estimate of drug-likeness (QED) is 0.831. The molecule has 0 amide bonds. The van der Waals surface area contributed by atoms with Gasteiger partial charge in [0.05, 0.1) is 16.9 Å². The molecular formula is C15H20NO4S-. The Morgan fingerprint density at radius 3 is 2.29 bits per heavy atom. The second kappa shape index (κ2) is 5.77. The highest BCUT2D eigenvalue weighted by Gasteiger charge is 2.35. The van der Waals surface area contributed by atoms with E-state index in [1.54, 1.807) is 26.0 Å². The topological polar surface area (TPSA) is 77.5 Å². The average Bonchev–Trinajstić information content (AvgIpc) is 2.37. The van der Waals surface area contributed by atoms with Crippen LogP contribution in [0.3, 0.4) is 0 Å². The predicted octanol–water partition coefficient (Wildman–Crippen LogP) is 0.905. The molecule has 1 aliphatic rings. The molecule has 6 heteroatoms. The summed E-state index contributed by atoms with van der Waals surface area (Å²) in [4.78, 5) is 11.5. The van der Waals surface area contributed by atoms with E-state index in [0.29, 0.717) is 30.4 Å². The molecule has 0 bridgehead atoms. The van der Waals surface area contributed by atoms with Gasteiger partial charge in [-0.2, -0.15) is 4.31 Å². The highest BCUT2D eigenvalue weighted by molar-refractivity contribution is 7.89. The van der Waals surface area contributed by atoms with Crippen LogP contribution in [0.25, 0.3) is 0 Å². The lowest BCUT2D eigenvalue weighted by atomic mass is 10.1. The largest absolute Gasteiger partial charge is 0.548 e. The van der Waals surface area contributed by atoms with Gasteiger partial charge in [-0.3, -0.25) is 0 Å². The summed E-state index contributed by atoms with van der Waals surface area (Å²) in [5.74, 6) is -1.32. The standard InChI is InChI=1S/C15H21NO4S/c1-10-8-11(2)14(12(3)9-10)21(19,20)16-7-5-4-6-13(16)15(17)18/h8-9,13H,4-7H2,1-3H3,(H,17,18)/p-1/t13-/m1/s1. The Balaban J connectivity index is 2.53. The van der Waals surface area contributed by atoms with Crippen LogP contribution in [-0.4, -0.2) is 31.3 Å². The molecule has 2 rings (SSSR count). The van der Waals surface area contributed by atoms with Gasteiger partial charge in [-0.1, -0.05) is 24.1 Å². The lowest BCUT2D eigenvalue weighted by molar-refractivity contribution is -0.311. The third-order valence-electron chi connectivity index (χ3n) is 3.90. The molecule has 0 unspecified atom stereocenters. The van der Waals surface area contributed by atoms with Gasteiger partial charge in [-0.05, 0) is 44.7 Å². The first-order valence-corrected chi connectivity index (χ1v) is 8.49. The summed E-state index contributed by atoms with van der Waals surface area (Å²) >= 11 is 0. The van der Waals surface area contributed by atoms with Crippen molar-refractivity contribution in [1.82, 2.24) is 4.31 Å². The van der Waals surface area contributed by atoms with Crippen LogP contribution in [0.1, 0.15) is 36.0 Å². The van der Waals surface area contributed by atoms with E-state index >= 15 is 0 Å². The number of carboxylic acid groups (broad SMARTS) is 1. The number of carbonyl (C=O) groups is 1. The molecule has 1 aromatic carbocycles. The second-order valence-electron chi connectivity index (χ2n) is 5.67. The second-order valence-corrected chi connectivity index (χ2v) is 7.50. The normalized spacial score (nSPS) is 20.4. The summed E-state index contributed by atoms with van der Waals surface area (Å²) < 4.78 is 26.9. The molecule has 0 saturated carbocycles. The summed E-state index contributed by atoms with van der Waals surface area (Å²) in [6.45, 7) is 5.62. The molecule has 1 heterocycles. The molecule has 5 nitrogen and oxygen atoms in total. The van der Waals surface area contributed by atoms with Crippen LogP contribution in [0.5, 0.6) is 0 Å². The molecular weight excluding hydrogens is 290 g/mol. The van der Waals surface area contributed by atoms with Crippen molar-refractivity contribution in [3.63, 3.8) is 0 Å². The van der Waals surface area contributed by atoms with Crippen molar-refractivity contribution >= 4 is 16.0 Å². The third-order valence-corrected chi connectivity index (χ3v) is 6.11. The number of sulfonamides is 1. The lowest BCUT2D eigenvalue weighted by Gasteiger charge is -2.35. The minimum Gasteiger partial charge on any atom is -0.548 e. The first-order valence-electron chi connectivity index (χ1n) is 7.05. The Labute approximate surface area is 125 Å². The molecule has 116 valence electrons. The number of nitrogens with zero attached hydrogens (tertiary/aromatic N) is 1. The molecule has 1 atom stereocenters. The van der Waals surface area contributed by atoms with Gasteiger partial charge in [0.2, 0.25) is 10.0 Å². The Hall–Kier alpha value is -1.40. The zero-order valence-electron chi connectivity index (χ0n) is 12.5. The predicted molar refractivity (Wildman–Crippen MR) is 77.2 cm³/mol. The molecule has 0 aromatic heterocycles.